The van der Waals surface area contributed by atoms with E-state index in [1.54, 1.807) is 0 Å². The molecule has 2 aliphatic rings. The van der Waals surface area contributed by atoms with E-state index in [4.69, 9.17) is 4.74 Å². The van der Waals surface area contributed by atoms with Gasteiger partial charge in [-0.1, -0.05) is 38.1 Å². The van der Waals surface area contributed by atoms with Crippen LogP contribution in [0, 0.1) is 17.8 Å². The largest absolute Gasteiger partial charge is 0.444 e. The molecule has 25 heavy (non-hydrogen) atoms. The molecule has 0 spiro atoms. The van der Waals surface area contributed by atoms with Crippen molar-refractivity contribution < 1.29 is 9.53 Å². The average Bonchev–Trinajstić information content (AvgIpc) is 2.95. The van der Waals surface area contributed by atoms with Crippen molar-refractivity contribution in [3.8, 4) is 0 Å². The molecule has 1 saturated carbocycles. The van der Waals surface area contributed by atoms with Crippen molar-refractivity contribution in [2.24, 2.45) is 17.8 Å². The van der Waals surface area contributed by atoms with Crippen molar-refractivity contribution >= 4 is 6.09 Å². The minimum Gasteiger partial charge on any atom is -0.444 e. The number of rotatable bonds is 5. The van der Waals surface area contributed by atoms with Gasteiger partial charge < -0.3 is 15.0 Å². The number of nitrogens with one attached hydrogen (secondary N) is 1. The average molecular weight is 344 g/mol. The predicted octanol–water partition coefficient (Wildman–Crippen LogP) is 3.84. The summed E-state index contributed by atoms with van der Waals surface area (Å²) in [7, 11) is 0. The summed E-state index contributed by atoms with van der Waals surface area (Å²) in [5, 5.41) is 3.66. The van der Waals surface area contributed by atoms with Crippen LogP contribution < -0.4 is 5.32 Å². The lowest BCUT2D eigenvalue weighted by Crippen LogP contribution is -2.39. The first kappa shape index (κ1) is 18.2. The van der Waals surface area contributed by atoms with Crippen molar-refractivity contribution in [1.82, 2.24) is 10.2 Å². The standard InChI is InChI=1S/C21H32N2O2/c1-14(2)10-15-6-8-16(9-7-15)11-22-19-17-12-23(13-18(17)19)20(24)25-21(3,4)5/h6-9,14,17-19,22H,10-13H2,1-5H3. The lowest BCUT2D eigenvalue weighted by Gasteiger charge is -2.26. The Balaban J connectivity index is 1.41. The molecule has 138 valence electrons. The Kier molecular flexibility index (Phi) is 5.10. The van der Waals surface area contributed by atoms with E-state index in [9.17, 15) is 4.79 Å². The normalized spacial score (nSPS) is 25.2. The lowest BCUT2D eigenvalue weighted by molar-refractivity contribution is 0.0269. The number of piperidine rings is 1. The molecule has 2 unspecified atom stereocenters. The Morgan fingerprint density at radius 2 is 1.72 bits per heavy atom. The number of benzene rings is 1. The van der Waals surface area contributed by atoms with Crippen LogP contribution in [0.2, 0.25) is 0 Å². The van der Waals surface area contributed by atoms with E-state index >= 15 is 0 Å². The first-order valence-corrected chi connectivity index (χ1v) is 9.52. The molecule has 1 amide bonds. The monoisotopic (exact) mass is 344 g/mol. The summed E-state index contributed by atoms with van der Waals surface area (Å²) < 4.78 is 5.46. The number of amides is 1. The van der Waals surface area contributed by atoms with Gasteiger partial charge in [0.2, 0.25) is 0 Å². The summed E-state index contributed by atoms with van der Waals surface area (Å²) in [6.45, 7) is 12.8. The molecule has 0 aromatic heterocycles. The topological polar surface area (TPSA) is 41.6 Å². The number of carbonyl (C=O) groups excluding carboxylic acids is 1. The molecular weight excluding hydrogens is 312 g/mol. The number of nitrogens with zero attached hydrogens (tertiary/aromatic N) is 1. The number of hydrogen-bond acceptors (Lipinski definition) is 3. The number of carbonyl (C=O) groups is 1. The molecule has 2 atom stereocenters. The predicted molar refractivity (Wildman–Crippen MR) is 100 cm³/mol. The number of fused-ring (bicyclic) bond motifs is 1. The molecule has 1 aromatic carbocycles. The Morgan fingerprint density at radius 3 is 2.24 bits per heavy atom. The summed E-state index contributed by atoms with van der Waals surface area (Å²) in [5.74, 6) is 1.88. The Bertz CT molecular complexity index is 591. The van der Waals surface area contributed by atoms with Gasteiger partial charge in [0, 0.05) is 25.7 Å². The second-order valence-corrected chi connectivity index (χ2v) is 9.03. The van der Waals surface area contributed by atoms with Gasteiger partial charge in [-0.25, -0.2) is 4.79 Å². The van der Waals surface area contributed by atoms with Gasteiger partial charge in [0.1, 0.15) is 5.60 Å². The van der Waals surface area contributed by atoms with Crippen LogP contribution in [0.1, 0.15) is 45.7 Å². The van der Waals surface area contributed by atoms with E-state index in [0.29, 0.717) is 23.8 Å². The van der Waals surface area contributed by atoms with Crippen molar-refractivity contribution in [1.29, 1.82) is 0 Å². The maximum absolute atomic E-state index is 12.1. The number of hydrogen-bond donors (Lipinski definition) is 1. The van der Waals surface area contributed by atoms with Gasteiger partial charge in [-0.2, -0.15) is 0 Å². The molecule has 1 saturated heterocycles. The van der Waals surface area contributed by atoms with E-state index < -0.39 is 5.60 Å². The SMILES string of the molecule is CC(C)Cc1ccc(CNC2C3CN(C(=O)OC(C)(C)C)CC32)cc1. The highest BCUT2D eigenvalue weighted by atomic mass is 16.6. The van der Waals surface area contributed by atoms with Crippen LogP contribution >= 0.6 is 0 Å². The summed E-state index contributed by atoms with van der Waals surface area (Å²) in [4.78, 5) is 14.0. The third-order valence-electron chi connectivity index (χ3n) is 5.05. The third-order valence-corrected chi connectivity index (χ3v) is 5.05. The van der Waals surface area contributed by atoms with Gasteiger partial charge in [-0.05, 0) is 56.1 Å². The molecule has 4 heteroatoms. The fourth-order valence-electron chi connectivity index (χ4n) is 3.81. The molecule has 1 aliphatic carbocycles. The molecule has 2 fully saturated rings. The van der Waals surface area contributed by atoms with E-state index in [1.807, 2.05) is 25.7 Å². The molecule has 3 rings (SSSR count). The van der Waals surface area contributed by atoms with E-state index in [1.165, 1.54) is 11.1 Å². The van der Waals surface area contributed by atoms with Crippen LogP contribution in [0.25, 0.3) is 0 Å². The minimum absolute atomic E-state index is 0.167. The third kappa shape index (κ3) is 4.75. The van der Waals surface area contributed by atoms with Crippen LogP contribution in [0.15, 0.2) is 24.3 Å². The smallest absolute Gasteiger partial charge is 0.410 e. The minimum atomic E-state index is -0.413. The van der Waals surface area contributed by atoms with Crippen molar-refractivity contribution in [2.75, 3.05) is 13.1 Å². The molecule has 0 bridgehead atoms. The van der Waals surface area contributed by atoms with Crippen molar-refractivity contribution in [2.45, 2.75) is 59.2 Å². The highest BCUT2D eigenvalue weighted by Gasteiger charge is 2.56. The Morgan fingerprint density at radius 1 is 1.16 bits per heavy atom. The highest BCUT2D eigenvalue weighted by Crippen LogP contribution is 2.45. The summed E-state index contributed by atoms with van der Waals surface area (Å²) in [6, 6.07) is 9.50. The maximum Gasteiger partial charge on any atom is 0.410 e. The zero-order valence-electron chi connectivity index (χ0n) is 16.2. The first-order valence-electron chi connectivity index (χ1n) is 9.52. The van der Waals surface area contributed by atoms with Crippen LogP contribution in [0.4, 0.5) is 4.79 Å². The van der Waals surface area contributed by atoms with Gasteiger partial charge in [0.05, 0.1) is 0 Å². The molecule has 4 nitrogen and oxygen atoms in total. The summed E-state index contributed by atoms with van der Waals surface area (Å²) >= 11 is 0. The molecule has 0 radical (unpaired) electrons. The summed E-state index contributed by atoms with van der Waals surface area (Å²) in [5.41, 5.74) is 2.33. The van der Waals surface area contributed by atoms with Crippen LogP contribution in [-0.4, -0.2) is 35.7 Å². The zero-order valence-corrected chi connectivity index (χ0v) is 16.2. The molecular formula is C21H32N2O2. The fraction of sp³-hybridized carbons (Fsp3) is 0.667. The molecule has 1 heterocycles. The second kappa shape index (κ2) is 6.99. The molecule has 1 N–H and O–H groups in total. The van der Waals surface area contributed by atoms with Gasteiger partial charge in [0.15, 0.2) is 0 Å². The Labute approximate surface area is 151 Å². The van der Waals surface area contributed by atoms with Crippen LogP contribution in [0.3, 0.4) is 0 Å². The van der Waals surface area contributed by atoms with Crippen molar-refractivity contribution in [3.05, 3.63) is 35.4 Å². The fourth-order valence-corrected chi connectivity index (χ4v) is 3.81. The number of likely N-dealkylation sites (tertiary alicyclic amines) is 1. The number of ether oxygens (including phenoxy) is 1. The van der Waals surface area contributed by atoms with Gasteiger partial charge in [-0.15, -0.1) is 0 Å². The quantitative estimate of drug-likeness (QED) is 0.882. The van der Waals surface area contributed by atoms with E-state index in [0.717, 1.165) is 26.1 Å². The summed E-state index contributed by atoms with van der Waals surface area (Å²) in [6.07, 6.45) is 0.972. The van der Waals surface area contributed by atoms with E-state index in [2.05, 4.69) is 43.4 Å². The van der Waals surface area contributed by atoms with Crippen molar-refractivity contribution in [3.63, 3.8) is 0 Å². The molecule has 1 aromatic rings. The maximum atomic E-state index is 12.1. The zero-order chi connectivity index (χ0) is 18.2. The first-order chi connectivity index (χ1) is 11.7. The van der Waals surface area contributed by atoms with Crippen LogP contribution in [0.5, 0.6) is 0 Å². The van der Waals surface area contributed by atoms with Gasteiger partial charge >= 0.3 is 6.09 Å². The van der Waals surface area contributed by atoms with Gasteiger partial charge in [0.25, 0.3) is 0 Å². The molecule has 1 aliphatic heterocycles. The Hall–Kier alpha value is -1.55. The lowest BCUT2D eigenvalue weighted by atomic mass is 10.0. The van der Waals surface area contributed by atoms with Crippen LogP contribution in [-0.2, 0) is 17.7 Å². The van der Waals surface area contributed by atoms with E-state index in [-0.39, 0.29) is 6.09 Å². The highest BCUT2D eigenvalue weighted by molar-refractivity contribution is 5.69. The second-order valence-electron chi connectivity index (χ2n) is 9.03. The van der Waals surface area contributed by atoms with Gasteiger partial charge in [-0.3, -0.25) is 0 Å².